The van der Waals surface area contributed by atoms with Gasteiger partial charge in [0.15, 0.2) is 0 Å². The van der Waals surface area contributed by atoms with E-state index in [0.717, 1.165) is 99.5 Å². The molecule has 0 aliphatic carbocycles. The van der Waals surface area contributed by atoms with Gasteiger partial charge in [-0.25, -0.2) is 0 Å². The van der Waals surface area contributed by atoms with Gasteiger partial charge in [0.25, 0.3) is 0 Å². The van der Waals surface area contributed by atoms with E-state index >= 15 is 0 Å². The van der Waals surface area contributed by atoms with Crippen LogP contribution in [-0.4, -0.2) is 0 Å². The predicted octanol–water partition coefficient (Wildman–Crippen LogP) is 18.4. The summed E-state index contributed by atoms with van der Waals surface area (Å²) in [5.74, 6) is 0. The molecule has 0 unspecified atom stereocenters. The minimum absolute atomic E-state index is 0.820. The Balaban J connectivity index is 1.01. The van der Waals surface area contributed by atoms with Crippen LogP contribution >= 0.6 is 0 Å². The van der Waals surface area contributed by atoms with E-state index in [9.17, 15) is 0 Å². The smallest absolute Gasteiger partial charge is 0.143 e. The summed E-state index contributed by atoms with van der Waals surface area (Å²) in [5.41, 5.74) is 25.9. The second-order valence-electron chi connectivity index (χ2n) is 19.2. The van der Waals surface area contributed by atoms with E-state index in [4.69, 9.17) is 8.83 Å². The maximum atomic E-state index is 6.81. The lowest BCUT2D eigenvalue weighted by Gasteiger charge is -2.28. The normalized spacial score (nSPS) is 11.9. The number of hydrogen-bond acceptors (Lipinski definition) is 4. The topological polar surface area (TPSA) is 32.8 Å². The summed E-state index contributed by atoms with van der Waals surface area (Å²) < 4.78 is 13.6. The fraction of sp³-hybridized carbons (Fsp3) is 0.194. The average molecular weight is 861 g/mol. The summed E-state index contributed by atoms with van der Waals surface area (Å²) in [6.45, 7) is 26.5. The van der Waals surface area contributed by atoms with Crippen LogP contribution in [0, 0.1) is 83.1 Å². The molecule has 0 radical (unpaired) electrons. The largest absolute Gasteiger partial charge is 0.455 e. The highest BCUT2D eigenvalue weighted by Crippen LogP contribution is 2.45. The van der Waals surface area contributed by atoms with Gasteiger partial charge in [-0.15, -0.1) is 0 Å². The average Bonchev–Trinajstić information content (AvgIpc) is 3.85. The van der Waals surface area contributed by atoms with Crippen LogP contribution in [-0.2, 0) is 0 Å². The van der Waals surface area contributed by atoms with E-state index in [2.05, 4.69) is 214 Å². The van der Waals surface area contributed by atoms with Gasteiger partial charge in [-0.2, -0.15) is 0 Å². The third-order valence-corrected chi connectivity index (χ3v) is 15.2. The molecule has 0 amide bonds. The number of rotatable bonds is 6. The van der Waals surface area contributed by atoms with Gasteiger partial charge >= 0.3 is 0 Å². The first-order valence-electron chi connectivity index (χ1n) is 23.2. The molecule has 0 aliphatic rings. The summed E-state index contributed by atoms with van der Waals surface area (Å²) in [4.78, 5) is 4.80. The highest BCUT2D eigenvalue weighted by Gasteiger charge is 2.22. The van der Waals surface area contributed by atoms with Crippen molar-refractivity contribution in [1.29, 1.82) is 0 Å². The van der Waals surface area contributed by atoms with Crippen molar-refractivity contribution < 1.29 is 8.83 Å². The Labute approximate surface area is 387 Å². The highest BCUT2D eigenvalue weighted by atomic mass is 16.3. The Hall–Kier alpha value is -7.30. The predicted molar refractivity (Wildman–Crippen MR) is 282 cm³/mol. The number of nitrogens with zero attached hydrogens (tertiary/aromatic N) is 2. The minimum Gasteiger partial charge on any atom is -0.455 e. The molecule has 4 nitrogen and oxygen atoms in total. The quantitative estimate of drug-likeness (QED) is 0.167. The Morgan fingerprint density at radius 2 is 0.545 bits per heavy atom. The number of anilines is 6. The Morgan fingerprint density at radius 1 is 0.258 bits per heavy atom. The lowest BCUT2D eigenvalue weighted by Crippen LogP contribution is -2.12. The summed E-state index contributed by atoms with van der Waals surface area (Å²) >= 11 is 0. The summed E-state index contributed by atoms with van der Waals surface area (Å²) in [5, 5.41) is 8.80. The van der Waals surface area contributed by atoms with Crippen molar-refractivity contribution in [3.05, 3.63) is 188 Å². The van der Waals surface area contributed by atoms with Crippen molar-refractivity contribution in [2.75, 3.05) is 9.80 Å². The third-order valence-electron chi connectivity index (χ3n) is 15.2. The fourth-order valence-electron chi connectivity index (χ4n) is 10.3. The van der Waals surface area contributed by atoms with E-state index in [-0.39, 0.29) is 0 Å². The van der Waals surface area contributed by atoms with Crippen molar-refractivity contribution in [1.82, 2.24) is 0 Å². The Morgan fingerprint density at radius 3 is 0.848 bits per heavy atom. The number of aryl methyl sites for hydroxylation is 8. The van der Waals surface area contributed by atoms with Crippen LogP contribution in [0.5, 0.6) is 0 Å². The van der Waals surface area contributed by atoms with Crippen LogP contribution in [0.1, 0.15) is 66.8 Å². The van der Waals surface area contributed by atoms with Crippen LogP contribution < -0.4 is 9.80 Å². The summed E-state index contributed by atoms with van der Waals surface area (Å²) in [6.07, 6.45) is 0. The van der Waals surface area contributed by atoms with Crippen LogP contribution in [0.15, 0.2) is 130 Å². The van der Waals surface area contributed by atoms with Gasteiger partial charge in [0, 0.05) is 72.5 Å². The molecule has 0 saturated heterocycles. The monoisotopic (exact) mass is 860 g/mol. The first kappa shape index (κ1) is 41.4. The minimum atomic E-state index is 0.820. The van der Waals surface area contributed by atoms with Crippen LogP contribution in [0.3, 0.4) is 0 Å². The highest BCUT2D eigenvalue weighted by molar-refractivity contribution is 6.22. The molecule has 4 heteroatoms. The lowest BCUT2D eigenvalue weighted by atomic mass is 9.99. The molecule has 0 spiro atoms. The number of hydrogen-bond donors (Lipinski definition) is 0. The first-order chi connectivity index (χ1) is 31.6. The second-order valence-corrected chi connectivity index (χ2v) is 19.2. The Kier molecular flexibility index (Phi) is 9.50. The molecule has 66 heavy (non-hydrogen) atoms. The molecule has 0 bridgehead atoms. The molecule has 0 atom stereocenters. The number of furan rings is 2. The van der Waals surface area contributed by atoms with Crippen molar-refractivity contribution in [3.63, 3.8) is 0 Å². The molecule has 9 aromatic carbocycles. The number of benzene rings is 9. The van der Waals surface area contributed by atoms with E-state index in [1.165, 1.54) is 66.8 Å². The first-order valence-corrected chi connectivity index (χ1v) is 23.2. The molecule has 0 saturated carbocycles. The van der Waals surface area contributed by atoms with Gasteiger partial charge in [-0.3, -0.25) is 0 Å². The van der Waals surface area contributed by atoms with Gasteiger partial charge < -0.3 is 18.6 Å². The van der Waals surface area contributed by atoms with Crippen molar-refractivity contribution in [2.45, 2.75) is 83.1 Å². The molecular formula is C62H56N2O2. The van der Waals surface area contributed by atoms with Crippen molar-refractivity contribution in [3.8, 4) is 0 Å². The molecular weight excluding hydrogens is 805 g/mol. The van der Waals surface area contributed by atoms with Crippen LogP contribution in [0.4, 0.5) is 34.1 Å². The number of fused-ring (bicyclic) bond motifs is 10. The molecule has 2 aromatic heterocycles. The molecule has 326 valence electrons. The molecule has 0 fully saturated rings. The summed E-state index contributed by atoms with van der Waals surface area (Å²) in [7, 11) is 0. The van der Waals surface area contributed by atoms with E-state index in [0.29, 0.717) is 0 Å². The standard InChI is InChI=1S/C62H56N2O2/c1-33-21-49(22-34(2)41(33)9)63(50-23-35(3)42(10)36(4)24-50)47-15-19-53-45(29-47)13-17-55-57-31-58-56-18-14-46-30-48(16-20-54(46)62(56)66-60(58)32-59(57)65-61(53)55)64(51-25-37(5)43(11)38(6)26-51)52-27-39(7)44(12)40(8)28-52/h13-32H,1-12H3. The maximum Gasteiger partial charge on any atom is 0.143 e. The van der Waals surface area contributed by atoms with Gasteiger partial charge in [-0.05, 0) is 264 Å². The van der Waals surface area contributed by atoms with Crippen LogP contribution in [0.2, 0.25) is 0 Å². The molecule has 11 aromatic rings. The van der Waals surface area contributed by atoms with Crippen molar-refractivity contribution in [2.24, 2.45) is 0 Å². The zero-order chi connectivity index (χ0) is 46.0. The fourth-order valence-corrected chi connectivity index (χ4v) is 10.3. The van der Waals surface area contributed by atoms with Crippen molar-refractivity contribution >= 4 is 99.5 Å². The molecule has 11 rings (SSSR count). The lowest BCUT2D eigenvalue weighted by molar-refractivity contribution is 0.660. The SMILES string of the molecule is Cc1cc(N(c2cc(C)c(C)c(C)c2)c2ccc3c(ccc4c5cc6c(cc5oc34)oc3c4ccc(N(c5cc(C)c(C)c(C)c5)c5cc(C)c(C)c(C)c5)cc4ccc63)c2)cc(C)c1C. The molecule has 0 N–H and O–H groups in total. The van der Waals surface area contributed by atoms with E-state index in [1.807, 2.05) is 0 Å². The van der Waals surface area contributed by atoms with Gasteiger partial charge in [-0.1, -0.05) is 12.1 Å². The second kappa shape index (κ2) is 15.1. The third kappa shape index (κ3) is 6.48. The van der Waals surface area contributed by atoms with Gasteiger partial charge in [0.1, 0.15) is 22.3 Å². The van der Waals surface area contributed by atoms with E-state index < -0.39 is 0 Å². The molecule has 2 heterocycles. The maximum absolute atomic E-state index is 6.81. The zero-order valence-corrected chi connectivity index (χ0v) is 40.3. The van der Waals surface area contributed by atoms with Gasteiger partial charge in [0.2, 0.25) is 0 Å². The Bertz CT molecular complexity index is 3400. The molecule has 0 aliphatic heterocycles. The zero-order valence-electron chi connectivity index (χ0n) is 40.3. The summed E-state index contributed by atoms with van der Waals surface area (Å²) in [6, 6.07) is 45.4. The van der Waals surface area contributed by atoms with E-state index in [1.54, 1.807) is 0 Å². The van der Waals surface area contributed by atoms with Gasteiger partial charge in [0.05, 0.1) is 0 Å². The van der Waals surface area contributed by atoms with Crippen LogP contribution in [0.25, 0.3) is 65.4 Å².